The smallest absolute Gasteiger partial charge is 0.142 e. The molecule has 1 heterocycles. The molecule has 0 aromatic heterocycles. The molecule has 2 rings (SSSR count). The van der Waals surface area contributed by atoms with Gasteiger partial charge in [0.25, 0.3) is 0 Å². The van der Waals surface area contributed by atoms with E-state index in [0.717, 1.165) is 24.5 Å². The monoisotopic (exact) mass is 245 g/mol. The summed E-state index contributed by atoms with van der Waals surface area (Å²) in [6.07, 6.45) is 1.39. The molecule has 1 aliphatic heterocycles. The van der Waals surface area contributed by atoms with Gasteiger partial charge in [0.1, 0.15) is 11.3 Å². The van der Waals surface area contributed by atoms with Crippen molar-refractivity contribution in [3.63, 3.8) is 0 Å². The summed E-state index contributed by atoms with van der Waals surface area (Å²) in [7, 11) is 1.68. The van der Waals surface area contributed by atoms with Crippen molar-refractivity contribution < 1.29 is 4.74 Å². The van der Waals surface area contributed by atoms with E-state index < -0.39 is 5.54 Å². The Hall–Kier alpha value is -1.73. The fraction of sp³-hybridized carbons (Fsp3) is 0.500. The highest BCUT2D eigenvalue weighted by Gasteiger charge is 2.31. The van der Waals surface area contributed by atoms with E-state index in [1.54, 1.807) is 7.11 Å². The molecule has 0 unspecified atom stereocenters. The minimum atomic E-state index is -0.659. The number of nitrogens with zero attached hydrogens (tertiary/aromatic N) is 2. The first-order valence-electron chi connectivity index (χ1n) is 6.18. The van der Waals surface area contributed by atoms with Crippen molar-refractivity contribution in [1.29, 1.82) is 5.26 Å². The SMILES string of the molecule is COc1ccc(C)cc1N1CCC(N)(C#N)CC1. The Morgan fingerprint density at radius 2 is 2.06 bits per heavy atom. The van der Waals surface area contributed by atoms with Gasteiger partial charge in [-0.15, -0.1) is 0 Å². The van der Waals surface area contributed by atoms with Gasteiger partial charge in [-0.25, -0.2) is 0 Å². The molecule has 0 amide bonds. The van der Waals surface area contributed by atoms with Crippen molar-refractivity contribution in [3.05, 3.63) is 23.8 Å². The summed E-state index contributed by atoms with van der Waals surface area (Å²) >= 11 is 0. The summed E-state index contributed by atoms with van der Waals surface area (Å²) in [5.74, 6) is 0.877. The maximum absolute atomic E-state index is 9.03. The number of aryl methyl sites for hydroxylation is 1. The molecule has 0 atom stereocenters. The van der Waals surface area contributed by atoms with E-state index in [1.807, 2.05) is 12.1 Å². The molecular formula is C14H19N3O. The molecule has 1 saturated heterocycles. The lowest BCUT2D eigenvalue weighted by Gasteiger charge is -2.36. The summed E-state index contributed by atoms with van der Waals surface area (Å²) in [5.41, 5.74) is 7.62. The number of nitrogens with two attached hydrogens (primary N) is 1. The number of rotatable bonds is 2. The number of nitriles is 1. The van der Waals surface area contributed by atoms with E-state index in [-0.39, 0.29) is 0 Å². The molecule has 0 spiro atoms. The maximum atomic E-state index is 9.03. The predicted octanol–water partition coefficient (Wildman–Crippen LogP) is 1.82. The average Bonchev–Trinajstić information content (AvgIpc) is 2.39. The molecule has 1 aromatic rings. The lowest BCUT2D eigenvalue weighted by molar-refractivity contribution is 0.396. The minimum absolute atomic E-state index is 0.659. The van der Waals surface area contributed by atoms with Crippen LogP contribution in [-0.2, 0) is 0 Å². The second-order valence-electron chi connectivity index (χ2n) is 4.93. The Morgan fingerprint density at radius 1 is 1.39 bits per heavy atom. The Balaban J connectivity index is 2.19. The molecule has 0 bridgehead atoms. The number of methoxy groups -OCH3 is 1. The van der Waals surface area contributed by atoms with Crippen molar-refractivity contribution in [1.82, 2.24) is 0 Å². The van der Waals surface area contributed by atoms with Gasteiger partial charge in [-0.3, -0.25) is 0 Å². The second kappa shape index (κ2) is 4.87. The van der Waals surface area contributed by atoms with E-state index in [4.69, 9.17) is 15.7 Å². The van der Waals surface area contributed by atoms with Gasteiger partial charge in [0, 0.05) is 13.1 Å². The van der Waals surface area contributed by atoms with Crippen LogP contribution in [0.1, 0.15) is 18.4 Å². The van der Waals surface area contributed by atoms with E-state index in [1.165, 1.54) is 5.56 Å². The summed E-state index contributed by atoms with van der Waals surface area (Å²) in [5, 5.41) is 9.03. The topological polar surface area (TPSA) is 62.3 Å². The number of piperidine rings is 1. The highest BCUT2D eigenvalue weighted by molar-refractivity contribution is 5.60. The van der Waals surface area contributed by atoms with Gasteiger partial charge in [-0.1, -0.05) is 6.07 Å². The van der Waals surface area contributed by atoms with Gasteiger partial charge in [0.2, 0.25) is 0 Å². The van der Waals surface area contributed by atoms with Crippen LogP contribution in [0.25, 0.3) is 0 Å². The van der Waals surface area contributed by atoms with Gasteiger partial charge in [-0.05, 0) is 37.5 Å². The Labute approximate surface area is 108 Å². The molecule has 18 heavy (non-hydrogen) atoms. The molecule has 0 aliphatic carbocycles. The largest absolute Gasteiger partial charge is 0.495 e. The number of ether oxygens (including phenoxy) is 1. The van der Waals surface area contributed by atoms with Gasteiger partial charge in [0.05, 0.1) is 18.9 Å². The maximum Gasteiger partial charge on any atom is 0.142 e. The zero-order chi connectivity index (χ0) is 13.2. The molecule has 4 nitrogen and oxygen atoms in total. The van der Waals surface area contributed by atoms with Crippen molar-refractivity contribution in [2.75, 3.05) is 25.1 Å². The van der Waals surface area contributed by atoms with Crippen LogP contribution >= 0.6 is 0 Å². The Morgan fingerprint density at radius 3 is 2.61 bits per heavy atom. The van der Waals surface area contributed by atoms with Crippen molar-refractivity contribution in [2.24, 2.45) is 5.73 Å². The first kappa shape index (κ1) is 12.7. The fourth-order valence-corrected chi connectivity index (χ4v) is 2.31. The van der Waals surface area contributed by atoms with Crippen LogP contribution in [0, 0.1) is 18.3 Å². The standard InChI is InChI=1S/C14H19N3O/c1-11-3-4-13(18-2)12(9-11)17-7-5-14(16,10-15)6-8-17/h3-4,9H,5-8,16H2,1-2H3. The normalized spacial score (nSPS) is 18.2. The van der Waals surface area contributed by atoms with Gasteiger partial charge >= 0.3 is 0 Å². The van der Waals surface area contributed by atoms with Crippen LogP contribution in [0.15, 0.2) is 18.2 Å². The van der Waals surface area contributed by atoms with Crippen LogP contribution in [0.4, 0.5) is 5.69 Å². The Bertz CT molecular complexity index is 470. The van der Waals surface area contributed by atoms with Crippen LogP contribution in [0.3, 0.4) is 0 Å². The molecule has 2 N–H and O–H groups in total. The minimum Gasteiger partial charge on any atom is -0.495 e. The molecule has 96 valence electrons. The summed E-state index contributed by atoms with van der Waals surface area (Å²) in [6.45, 7) is 3.66. The molecule has 0 radical (unpaired) electrons. The van der Waals surface area contributed by atoms with E-state index >= 15 is 0 Å². The molecule has 0 saturated carbocycles. The van der Waals surface area contributed by atoms with Gasteiger partial charge in [-0.2, -0.15) is 5.26 Å². The first-order valence-corrected chi connectivity index (χ1v) is 6.18. The Kier molecular flexibility index (Phi) is 3.44. The van der Waals surface area contributed by atoms with Crippen molar-refractivity contribution >= 4 is 5.69 Å². The predicted molar refractivity (Wildman–Crippen MR) is 71.7 cm³/mol. The summed E-state index contributed by atoms with van der Waals surface area (Å²) in [4.78, 5) is 2.24. The lowest BCUT2D eigenvalue weighted by Crippen LogP contribution is -2.49. The zero-order valence-corrected chi connectivity index (χ0v) is 10.9. The third kappa shape index (κ3) is 2.41. The van der Waals surface area contributed by atoms with E-state index in [0.29, 0.717) is 12.8 Å². The molecule has 1 aliphatic rings. The van der Waals surface area contributed by atoms with Crippen LogP contribution in [-0.4, -0.2) is 25.7 Å². The van der Waals surface area contributed by atoms with Crippen LogP contribution in [0.2, 0.25) is 0 Å². The number of hydrogen-bond donors (Lipinski definition) is 1. The highest BCUT2D eigenvalue weighted by atomic mass is 16.5. The molecular weight excluding hydrogens is 226 g/mol. The van der Waals surface area contributed by atoms with E-state index in [9.17, 15) is 0 Å². The zero-order valence-electron chi connectivity index (χ0n) is 10.9. The van der Waals surface area contributed by atoms with Crippen LogP contribution in [0.5, 0.6) is 5.75 Å². The van der Waals surface area contributed by atoms with Gasteiger partial charge < -0.3 is 15.4 Å². The number of hydrogen-bond acceptors (Lipinski definition) is 4. The third-order valence-electron chi connectivity index (χ3n) is 3.55. The van der Waals surface area contributed by atoms with Gasteiger partial charge in [0.15, 0.2) is 0 Å². The summed E-state index contributed by atoms with van der Waals surface area (Å²) in [6, 6.07) is 8.35. The van der Waals surface area contributed by atoms with Crippen molar-refractivity contribution in [3.8, 4) is 11.8 Å². The lowest BCUT2D eigenvalue weighted by atomic mass is 9.90. The van der Waals surface area contributed by atoms with Crippen LogP contribution < -0.4 is 15.4 Å². The highest BCUT2D eigenvalue weighted by Crippen LogP contribution is 2.32. The quantitative estimate of drug-likeness (QED) is 0.863. The number of benzene rings is 1. The fourth-order valence-electron chi connectivity index (χ4n) is 2.31. The number of anilines is 1. The van der Waals surface area contributed by atoms with Crippen molar-refractivity contribution in [2.45, 2.75) is 25.3 Å². The second-order valence-corrected chi connectivity index (χ2v) is 4.93. The average molecular weight is 245 g/mol. The molecule has 1 fully saturated rings. The third-order valence-corrected chi connectivity index (χ3v) is 3.55. The first-order chi connectivity index (χ1) is 8.58. The van der Waals surface area contributed by atoms with E-state index in [2.05, 4.69) is 24.0 Å². The molecule has 4 heteroatoms. The molecule has 1 aromatic carbocycles. The summed E-state index contributed by atoms with van der Waals surface area (Å²) < 4.78 is 5.39.